The zero-order valence-electron chi connectivity index (χ0n) is 9.01. The second-order valence-corrected chi connectivity index (χ2v) is 3.58. The van der Waals surface area contributed by atoms with Gasteiger partial charge in [-0.2, -0.15) is 5.26 Å². The molecule has 0 aliphatic carbocycles. The van der Waals surface area contributed by atoms with Crippen LogP contribution in [-0.2, 0) is 0 Å². The number of nitrogens with zero attached hydrogens (tertiary/aromatic N) is 3. The molecule has 1 heterocycles. The van der Waals surface area contributed by atoms with E-state index in [4.69, 9.17) is 21.6 Å². The minimum atomic E-state index is 0.178. The van der Waals surface area contributed by atoms with Crippen molar-refractivity contribution in [3.63, 3.8) is 0 Å². The smallest absolute Gasteiger partial charge is 0.222 e. The molecule has 17 heavy (non-hydrogen) atoms. The van der Waals surface area contributed by atoms with Crippen molar-refractivity contribution in [3.05, 3.63) is 41.3 Å². The predicted octanol–water partition coefficient (Wildman–Crippen LogP) is 2.68. The van der Waals surface area contributed by atoms with E-state index in [9.17, 15) is 0 Å². The summed E-state index contributed by atoms with van der Waals surface area (Å²) in [5.41, 5.74) is 1.93. The first-order valence-corrected chi connectivity index (χ1v) is 5.19. The lowest BCUT2D eigenvalue weighted by atomic mass is 10.1. The van der Waals surface area contributed by atoms with Gasteiger partial charge in [0, 0.05) is 11.8 Å². The normalized spacial score (nSPS) is 9.71. The van der Waals surface area contributed by atoms with Gasteiger partial charge in [-0.25, -0.2) is 9.97 Å². The fraction of sp³-hybridized carbons (Fsp3) is 0.0833. The summed E-state index contributed by atoms with van der Waals surface area (Å²) in [6.07, 6.45) is 1.57. The highest BCUT2D eigenvalue weighted by atomic mass is 35.5. The highest BCUT2D eigenvalue weighted by molar-refractivity contribution is 6.28. The highest BCUT2D eigenvalue weighted by Crippen LogP contribution is 2.25. The molecule has 0 radical (unpaired) electrons. The molecule has 4 nitrogen and oxygen atoms in total. The maximum atomic E-state index is 8.99. The molecule has 0 fully saturated rings. The molecule has 0 atom stereocenters. The number of nitriles is 1. The Kier molecular flexibility index (Phi) is 3.22. The van der Waals surface area contributed by atoms with Gasteiger partial charge >= 0.3 is 0 Å². The van der Waals surface area contributed by atoms with Gasteiger partial charge in [-0.3, -0.25) is 0 Å². The van der Waals surface area contributed by atoms with Crippen LogP contribution < -0.4 is 4.74 Å². The maximum absolute atomic E-state index is 8.99. The van der Waals surface area contributed by atoms with Gasteiger partial charge in [0.2, 0.25) is 5.28 Å². The van der Waals surface area contributed by atoms with Crippen LogP contribution in [0.15, 0.2) is 30.5 Å². The monoisotopic (exact) mass is 245 g/mol. The molecule has 5 heteroatoms. The molecule has 0 N–H and O–H groups in total. The standard InChI is InChI=1S/C12H8ClN3O/c1-17-11-3-2-8(6-9(11)7-14)10-4-5-15-12(13)16-10/h2-6H,1H3. The molecule has 84 valence electrons. The number of hydrogen-bond acceptors (Lipinski definition) is 4. The molecule has 0 saturated carbocycles. The molecule has 1 aromatic heterocycles. The average Bonchev–Trinajstić information content (AvgIpc) is 2.38. The summed E-state index contributed by atoms with van der Waals surface area (Å²) in [7, 11) is 1.53. The highest BCUT2D eigenvalue weighted by Gasteiger charge is 2.06. The Morgan fingerprint density at radius 1 is 1.35 bits per heavy atom. The van der Waals surface area contributed by atoms with Crippen LogP contribution in [0, 0.1) is 11.3 Å². The van der Waals surface area contributed by atoms with Crippen molar-refractivity contribution in [2.75, 3.05) is 7.11 Å². The second kappa shape index (κ2) is 4.81. The van der Waals surface area contributed by atoms with E-state index in [-0.39, 0.29) is 5.28 Å². The Morgan fingerprint density at radius 3 is 2.82 bits per heavy atom. The van der Waals surface area contributed by atoms with Gasteiger partial charge in [-0.1, -0.05) is 0 Å². The van der Waals surface area contributed by atoms with Gasteiger partial charge in [0.1, 0.15) is 11.8 Å². The summed E-state index contributed by atoms with van der Waals surface area (Å²) in [6.45, 7) is 0. The summed E-state index contributed by atoms with van der Waals surface area (Å²) < 4.78 is 5.07. The van der Waals surface area contributed by atoms with Crippen molar-refractivity contribution < 1.29 is 4.74 Å². The van der Waals surface area contributed by atoms with Crippen molar-refractivity contribution >= 4 is 11.6 Å². The Hall–Kier alpha value is -2.12. The van der Waals surface area contributed by atoms with E-state index >= 15 is 0 Å². The maximum Gasteiger partial charge on any atom is 0.222 e. The topological polar surface area (TPSA) is 58.8 Å². The third-order valence-corrected chi connectivity index (χ3v) is 2.42. The first-order valence-electron chi connectivity index (χ1n) is 4.81. The van der Waals surface area contributed by atoms with Crippen LogP contribution in [0.25, 0.3) is 11.3 Å². The molecule has 0 unspecified atom stereocenters. The third-order valence-electron chi connectivity index (χ3n) is 2.24. The fourth-order valence-electron chi connectivity index (χ4n) is 1.45. The quantitative estimate of drug-likeness (QED) is 0.764. The van der Waals surface area contributed by atoms with E-state index < -0.39 is 0 Å². The Bertz CT molecular complexity index is 593. The average molecular weight is 246 g/mol. The summed E-state index contributed by atoms with van der Waals surface area (Å²) >= 11 is 5.72. The molecular formula is C12H8ClN3O. The van der Waals surface area contributed by atoms with Crippen LogP contribution in [0.2, 0.25) is 5.28 Å². The van der Waals surface area contributed by atoms with Crippen molar-refractivity contribution in [1.29, 1.82) is 5.26 Å². The number of methoxy groups -OCH3 is 1. The first-order chi connectivity index (χ1) is 8.24. The number of rotatable bonds is 2. The van der Waals surface area contributed by atoms with Crippen LogP contribution in [0.5, 0.6) is 5.75 Å². The SMILES string of the molecule is COc1ccc(-c2ccnc(Cl)n2)cc1C#N. The molecule has 2 aromatic rings. The van der Waals surface area contributed by atoms with Crippen LogP contribution in [0.4, 0.5) is 0 Å². The van der Waals surface area contributed by atoms with Gasteiger partial charge in [-0.15, -0.1) is 0 Å². The molecule has 0 spiro atoms. The van der Waals surface area contributed by atoms with Gasteiger partial charge in [0.25, 0.3) is 0 Å². The van der Waals surface area contributed by atoms with E-state index in [0.29, 0.717) is 17.0 Å². The van der Waals surface area contributed by atoms with Gasteiger partial charge in [0.05, 0.1) is 18.4 Å². The number of ether oxygens (including phenoxy) is 1. The minimum Gasteiger partial charge on any atom is -0.495 e. The molecule has 0 aliphatic rings. The zero-order chi connectivity index (χ0) is 12.3. The number of aromatic nitrogens is 2. The number of hydrogen-bond donors (Lipinski definition) is 0. The fourth-order valence-corrected chi connectivity index (χ4v) is 1.60. The molecule has 0 aliphatic heterocycles. The number of benzene rings is 1. The van der Waals surface area contributed by atoms with Crippen molar-refractivity contribution in [3.8, 4) is 23.1 Å². The Balaban J connectivity index is 2.51. The zero-order valence-corrected chi connectivity index (χ0v) is 9.77. The molecular weight excluding hydrogens is 238 g/mol. The van der Waals surface area contributed by atoms with Crippen LogP contribution in [0.3, 0.4) is 0 Å². The van der Waals surface area contributed by atoms with E-state index in [1.165, 1.54) is 7.11 Å². The summed E-state index contributed by atoms with van der Waals surface area (Å²) in [5.74, 6) is 0.538. The lowest BCUT2D eigenvalue weighted by Crippen LogP contribution is -1.91. The third kappa shape index (κ3) is 2.35. The summed E-state index contributed by atoms with van der Waals surface area (Å²) in [6, 6.07) is 9.05. The van der Waals surface area contributed by atoms with Crippen molar-refractivity contribution in [2.45, 2.75) is 0 Å². The van der Waals surface area contributed by atoms with E-state index in [1.54, 1.807) is 24.4 Å². The van der Waals surface area contributed by atoms with Crippen molar-refractivity contribution in [2.24, 2.45) is 0 Å². The summed E-state index contributed by atoms with van der Waals surface area (Å²) in [4.78, 5) is 7.88. The largest absolute Gasteiger partial charge is 0.495 e. The molecule has 0 bridgehead atoms. The van der Waals surface area contributed by atoms with Crippen LogP contribution >= 0.6 is 11.6 Å². The van der Waals surface area contributed by atoms with E-state index in [2.05, 4.69) is 16.0 Å². The van der Waals surface area contributed by atoms with E-state index in [1.807, 2.05) is 6.07 Å². The molecule has 2 rings (SSSR count). The Morgan fingerprint density at radius 2 is 2.18 bits per heavy atom. The van der Waals surface area contributed by atoms with Gasteiger partial charge in [0.15, 0.2) is 0 Å². The summed E-state index contributed by atoms with van der Waals surface area (Å²) in [5, 5.41) is 9.16. The first kappa shape index (κ1) is 11.4. The van der Waals surface area contributed by atoms with Crippen LogP contribution in [0.1, 0.15) is 5.56 Å². The van der Waals surface area contributed by atoms with Crippen molar-refractivity contribution in [1.82, 2.24) is 9.97 Å². The lowest BCUT2D eigenvalue weighted by Gasteiger charge is -2.05. The van der Waals surface area contributed by atoms with E-state index in [0.717, 1.165) is 5.56 Å². The molecule has 0 amide bonds. The van der Waals surface area contributed by atoms with Crippen LogP contribution in [-0.4, -0.2) is 17.1 Å². The molecule has 0 saturated heterocycles. The number of halogens is 1. The predicted molar refractivity (Wildman–Crippen MR) is 63.7 cm³/mol. The molecule has 1 aromatic carbocycles. The van der Waals surface area contributed by atoms with Gasteiger partial charge in [-0.05, 0) is 35.9 Å². The second-order valence-electron chi connectivity index (χ2n) is 3.24. The minimum absolute atomic E-state index is 0.178. The lowest BCUT2D eigenvalue weighted by molar-refractivity contribution is 0.413. The van der Waals surface area contributed by atoms with Gasteiger partial charge < -0.3 is 4.74 Å². The Labute approximate surface area is 103 Å².